The van der Waals surface area contributed by atoms with Crippen LogP contribution in [-0.2, 0) is 17.8 Å². The van der Waals surface area contributed by atoms with Crippen LogP contribution in [0.5, 0.6) is 11.5 Å². The van der Waals surface area contributed by atoms with Crippen molar-refractivity contribution in [3.63, 3.8) is 0 Å². The molecule has 0 radical (unpaired) electrons. The van der Waals surface area contributed by atoms with E-state index in [1.807, 2.05) is 55.5 Å². The summed E-state index contributed by atoms with van der Waals surface area (Å²) < 4.78 is 11.6. The highest BCUT2D eigenvalue weighted by molar-refractivity contribution is 7.80. The van der Waals surface area contributed by atoms with E-state index in [0.29, 0.717) is 30.6 Å². The molecule has 1 aliphatic rings. The molecule has 5 nitrogen and oxygen atoms in total. The number of thiocarbonyl (C=S) groups is 1. The predicted octanol–water partition coefficient (Wildman–Crippen LogP) is 5.41. The van der Waals surface area contributed by atoms with Crippen molar-refractivity contribution in [1.29, 1.82) is 0 Å². The Balaban J connectivity index is 1.30. The van der Waals surface area contributed by atoms with Crippen LogP contribution in [0.3, 0.4) is 0 Å². The SMILES string of the molecule is CCOc1cc(C(=S)N2CCC(Cc3ccccc3)CC2)ccc1OCC(=O)NCc1ccccc1. The number of hydrogen-bond donors (Lipinski definition) is 1. The first-order valence-electron chi connectivity index (χ1n) is 12.7. The molecule has 3 aromatic rings. The average molecular weight is 503 g/mol. The lowest BCUT2D eigenvalue weighted by Gasteiger charge is -2.34. The molecule has 0 bridgehead atoms. The molecule has 1 aliphatic heterocycles. The highest BCUT2D eigenvalue weighted by Gasteiger charge is 2.22. The van der Waals surface area contributed by atoms with E-state index in [2.05, 4.69) is 40.5 Å². The van der Waals surface area contributed by atoms with Crippen molar-refractivity contribution >= 4 is 23.1 Å². The number of hydrogen-bond acceptors (Lipinski definition) is 4. The van der Waals surface area contributed by atoms with Gasteiger partial charge in [0.05, 0.1) is 6.61 Å². The van der Waals surface area contributed by atoms with Crippen LogP contribution in [0.25, 0.3) is 0 Å². The van der Waals surface area contributed by atoms with Crippen molar-refractivity contribution in [2.24, 2.45) is 5.92 Å². The molecule has 0 aliphatic carbocycles. The first kappa shape index (κ1) is 25.7. The smallest absolute Gasteiger partial charge is 0.258 e. The molecular formula is C30H34N2O3S. The van der Waals surface area contributed by atoms with Gasteiger partial charge in [0.2, 0.25) is 0 Å². The van der Waals surface area contributed by atoms with Gasteiger partial charge in [-0.15, -0.1) is 0 Å². The highest BCUT2D eigenvalue weighted by atomic mass is 32.1. The van der Waals surface area contributed by atoms with Gasteiger partial charge in [0.25, 0.3) is 5.91 Å². The second kappa shape index (κ2) is 13.1. The average Bonchev–Trinajstić information content (AvgIpc) is 2.92. The molecule has 1 N–H and O–H groups in total. The summed E-state index contributed by atoms with van der Waals surface area (Å²) in [6.45, 7) is 4.74. The predicted molar refractivity (Wildman–Crippen MR) is 148 cm³/mol. The zero-order valence-electron chi connectivity index (χ0n) is 20.8. The Morgan fingerprint density at radius 3 is 2.25 bits per heavy atom. The van der Waals surface area contributed by atoms with E-state index in [1.54, 1.807) is 0 Å². The standard InChI is InChI=1S/C30H34N2O3S/c1-2-34-28-20-26(13-14-27(28)35-22-29(33)31-21-25-11-7-4-8-12-25)30(36)32-17-15-24(16-18-32)19-23-9-5-3-6-10-23/h3-14,20,24H,2,15-19,21-22H2,1H3,(H,31,33). The molecule has 188 valence electrons. The lowest BCUT2D eigenvalue weighted by Crippen LogP contribution is -2.38. The number of amides is 1. The summed E-state index contributed by atoms with van der Waals surface area (Å²) in [4.78, 5) is 15.4. The summed E-state index contributed by atoms with van der Waals surface area (Å²) >= 11 is 5.85. The van der Waals surface area contributed by atoms with Gasteiger partial charge < -0.3 is 19.7 Å². The summed E-state index contributed by atoms with van der Waals surface area (Å²) in [6, 6.07) is 26.2. The molecule has 1 heterocycles. The zero-order valence-corrected chi connectivity index (χ0v) is 21.6. The van der Waals surface area contributed by atoms with Gasteiger partial charge in [-0.25, -0.2) is 0 Å². The van der Waals surface area contributed by atoms with E-state index in [9.17, 15) is 4.79 Å². The van der Waals surface area contributed by atoms with Gasteiger partial charge in [-0.05, 0) is 61.4 Å². The molecule has 1 fully saturated rings. The van der Waals surface area contributed by atoms with Crippen LogP contribution in [-0.4, -0.2) is 42.1 Å². The van der Waals surface area contributed by atoms with Crippen molar-refractivity contribution < 1.29 is 14.3 Å². The fraction of sp³-hybridized carbons (Fsp3) is 0.333. The molecule has 0 aromatic heterocycles. The van der Waals surface area contributed by atoms with E-state index in [0.717, 1.165) is 48.5 Å². The number of piperidine rings is 1. The molecule has 0 spiro atoms. The molecule has 4 rings (SSSR count). The number of rotatable bonds is 10. The lowest BCUT2D eigenvalue weighted by molar-refractivity contribution is -0.123. The second-order valence-electron chi connectivity index (χ2n) is 9.07. The normalized spacial score (nSPS) is 13.8. The molecule has 0 unspecified atom stereocenters. The van der Waals surface area contributed by atoms with E-state index in [-0.39, 0.29) is 12.5 Å². The van der Waals surface area contributed by atoms with Crippen molar-refractivity contribution in [3.8, 4) is 11.5 Å². The van der Waals surface area contributed by atoms with Crippen LogP contribution in [0.2, 0.25) is 0 Å². The van der Waals surface area contributed by atoms with E-state index < -0.39 is 0 Å². The minimum Gasteiger partial charge on any atom is -0.490 e. The van der Waals surface area contributed by atoms with Crippen molar-refractivity contribution in [1.82, 2.24) is 10.2 Å². The van der Waals surface area contributed by atoms with Gasteiger partial charge in [-0.3, -0.25) is 4.79 Å². The number of carbonyl (C=O) groups is 1. The minimum absolute atomic E-state index is 0.0777. The summed E-state index contributed by atoms with van der Waals surface area (Å²) in [5.41, 5.74) is 3.39. The van der Waals surface area contributed by atoms with Crippen LogP contribution in [0.1, 0.15) is 36.5 Å². The van der Waals surface area contributed by atoms with Gasteiger partial charge >= 0.3 is 0 Å². The number of nitrogens with one attached hydrogen (secondary N) is 1. The zero-order chi connectivity index (χ0) is 25.2. The molecule has 0 atom stereocenters. The van der Waals surface area contributed by atoms with Gasteiger partial charge in [-0.2, -0.15) is 0 Å². The van der Waals surface area contributed by atoms with Crippen LogP contribution in [0, 0.1) is 5.92 Å². The van der Waals surface area contributed by atoms with Gasteiger partial charge in [0.1, 0.15) is 4.99 Å². The Morgan fingerprint density at radius 2 is 1.58 bits per heavy atom. The third-order valence-electron chi connectivity index (χ3n) is 6.45. The molecule has 1 saturated heterocycles. The Labute approximate surface area is 219 Å². The first-order chi connectivity index (χ1) is 17.6. The second-order valence-corrected chi connectivity index (χ2v) is 9.46. The van der Waals surface area contributed by atoms with Crippen molar-refractivity contribution in [3.05, 3.63) is 95.6 Å². The largest absolute Gasteiger partial charge is 0.490 e. The van der Waals surface area contributed by atoms with Crippen LogP contribution in [0.15, 0.2) is 78.9 Å². The summed E-state index contributed by atoms with van der Waals surface area (Å²) in [5, 5.41) is 2.88. The van der Waals surface area contributed by atoms with Crippen molar-refractivity contribution in [2.45, 2.75) is 32.7 Å². The third-order valence-corrected chi connectivity index (χ3v) is 6.94. The molecule has 36 heavy (non-hydrogen) atoms. The number of benzene rings is 3. The van der Waals surface area contributed by atoms with Gasteiger partial charge in [0, 0.05) is 25.2 Å². The Kier molecular flexibility index (Phi) is 9.33. The number of likely N-dealkylation sites (tertiary alicyclic amines) is 1. The Bertz CT molecular complexity index is 1130. The van der Waals surface area contributed by atoms with Crippen LogP contribution in [0.4, 0.5) is 0 Å². The summed E-state index contributed by atoms with van der Waals surface area (Å²) in [6.07, 6.45) is 3.39. The fourth-order valence-electron chi connectivity index (χ4n) is 4.49. The highest BCUT2D eigenvalue weighted by Crippen LogP contribution is 2.30. The minimum atomic E-state index is -0.181. The molecule has 6 heteroatoms. The van der Waals surface area contributed by atoms with Crippen LogP contribution >= 0.6 is 12.2 Å². The number of ether oxygens (including phenoxy) is 2. The van der Waals surface area contributed by atoms with E-state index in [4.69, 9.17) is 21.7 Å². The van der Waals surface area contributed by atoms with Gasteiger partial charge in [-0.1, -0.05) is 72.9 Å². The summed E-state index contributed by atoms with van der Waals surface area (Å²) in [7, 11) is 0. The van der Waals surface area contributed by atoms with Gasteiger partial charge in [0.15, 0.2) is 18.1 Å². The maximum atomic E-state index is 12.3. The third kappa shape index (κ3) is 7.31. The molecule has 1 amide bonds. The Morgan fingerprint density at radius 1 is 0.917 bits per heavy atom. The topological polar surface area (TPSA) is 50.8 Å². The lowest BCUT2D eigenvalue weighted by atomic mass is 9.90. The quantitative estimate of drug-likeness (QED) is 0.376. The first-order valence-corrected chi connectivity index (χ1v) is 13.1. The molecule has 0 saturated carbocycles. The maximum Gasteiger partial charge on any atom is 0.258 e. The van der Waals surface area contributed by atoms with Crippen molar-refractivity contribution in [2.75, 3.05) is 26.3 Å². The van der Waals surface area contributed by atoms with E-state index >= 15 is 0 Å². The fourth-order valence-corrected chi connectivity index (χ4v) is 4.80. The number of carbonyl (C=O) groups excluding carboxylic acids is 1. The monoisotopic (exact) mass is 502 g/mol. The Hall–Kier alpha value is -3.38. The van der Waals surface area contributed by atoms with E-state index in [1.165, 1.54) is 5.56 Å². The summed E-state index contributed by atoms with van der Waals surface area (Å²) in [5.74, 6) is 1.65. The maximum absolute atomic E-state index is 12.3. The number of nitrogens with zero attached hydrogens (tertiary/aromatic N) is 1. The molecular weight excluding hydrogens is 468 g/mol. The van der Waals surface area contributed by atoms with Crippen LogP contribution < -0.4 is 14.8 Å². The molecule has 3 aromatic carbocycles.